The van der Waals surface area contributed by atoms with Gasteiger partial charge in [0, 0.05) is 12.6 Å². The van der Waals surface area contributed by atoms with Crippen LogP contribution in [0.15, 0.2) is 63.7 Å². The number of thioether (sulfide) groups is 1. The fourth-order valence-electron chi connectivity index (χ4n) is 2.71. The van der Waals surface area contributed by atoms with Gasteiger partial charge in [0.2, 0.25) is 11.7 Å². The highest BCUT2D eigenvalue weighted by atomic mass is 32.2. The van der Waals surface area contributed by atoms with Crippen LogP contribution in [0.25, 0.3) is 16.7 Å². The average Bonchev–Trinajstić information content (AvgIpc) is 3.33. The molecule has 136 valence electrons. The first-order chi connectivity index (χ1) is 13.2. The summed E-state index contributed by atoms with van der Waals surface area (Å²) in [6.45, 7) is 4.00. The molecule has 3 aromatic heterocycles. The third-order valence-electron chi connectivity index (χ3n) is 3.83. The van der Waals surface area contributed by atoms with E-state index in [-0.39, 0.29) is 17.2 Å². The lowest BCUT2D eigenvalue weighted by molar-refractivity contribution is -0.113. The monoisotopic (exact) mass is 382 g/mol. The lowest BCUT2D eigenvalue weighted by Crippen LogP contribution is -2.22. The molecule has 0 fully saturated rings. The maximum absolute atomic E-state index is 12.7. The summed E-state index contributed by atoms with van der Waals surface area (Å²) in [7, 11) is 0. The van der Waals surface area contributed by atoms with Crippen molar-refractivity contribution in [2.45, 2.75) is 11.7 Å². The number of fused-ring (bicyclic) bond motifs is 3. The van der Waals surface area contributed by atoms with Gasteiger partial charge in [-0.1, -0.05) is 35.1 Å². The van der Waals surface area contributed by atoms with Crippen molar-refractivity contribution in [3.63, 3.8) is 0 Å². The maximum atomic E-state index is 12.7. The Morgan fingerprint density at radius 1 is 1.30 bits per heavy atom. The normalized spacial score (nSPS) is 11.1. The molecule has 1 aromatic carbocycles. The Bertz CT molecular complexity index is 1190. The minimum absolute atomic E-state index is 0.0998. The molecule has 0 spiro atoms. The molecule has 10 heteroatoms. The second kappa shape index (κ2) is 7.08. The summed E-state index contributed by atoms with van der Waals surface area (Å²) in [6.07, 6.45) is 3.00. The quantitative estimate of drug-likeness (QED) is 0.401. The van der Waals surface area contributed by atoms with Gasteiger partial charge >= 0.3 is 0 Å². The second-order valence-electron chi connectivity index (χ2n) is 5.56. The second-order valence-corrected chi connectivity index (χ2v) is 6.50. The summed E-state index contributed by atoms with van der Waals surface area (Å²) in [5.41, 5.74) is 0.521. The van der Waals surface area contributed by atoms with Crippen LogP contribution in [0.4, 0.5) is 5.82 Å². The van der Waals surface area contributed by atoms with Crippen LogP contribution in [0.2, 0.25) is 0 Å². The number of benzene rings is 1. The number of hydrogen-bond acceptors (Lipinski definition) is 7. The zero-order chi connectivity index (χ0) is 18.8. The standard InChI is InChI=1S/C17H14N6O3S/c1-2-8-22-15(25)11-5-3-4-6-12(11)23-16(22)19-20-17(23)27-10-14(24)18-13-7-9-26-21-13/h2-7,9H,1,8,10H2,(H,18,21,24). The fraction of sp³-hybridized carbons (Fsp3) is 0.118. The molecule has 0 unspecified atom stereocenters. The zero-order valence-electron chi connectivity index (χ0n) is 14.0. The number of nitrogens with one attached hydrogen (secondary N) is 1. The molecule has 0 aliphatic heterocycles. The topological polar surface area (TPSA) is 107 Å². The van der Waals surface area contributed by atoms with Gasteiger partial charge in [0.15, 0.2) is 11.0 Å². The molecule has 4 rings (SSSR count). The van der Waals surface area contributed by atoms with Gasteiger partial charge in [-0.15, -0.1) is 16.8 Å². The lowest BCUT2D eigenvalue weighted by Gasteiger charge is -2.09. The third-order valence-corrected chi connectivity index (χ3v) is 4.76. The Balaban J connectivity index is 1.72. The van der Waals surface area contributed by atoms with Crippen molar-refractivity contribution in [3.05, 3.63) is 59.6 Å². The zero-order valence-corrected chi connectivity index (χ0v) is 14.8. The molecule has 0 radical (unpaired) electrons. The van der Waals surface area contributed by atoms with E-state index in [1.54, 1.807) is 28.7 Å². The van der Waals surface area contributed by atoms with Crippen molar-refractivity contribution in [3.8, 4) is 0 Å². The number of aromatic nitrogens is 5. The minimum Gasteiger partial charge on any atom is -0.363 e. The molecule has 0 aliphatic rings. The van der Waals surface area contributed by atoms with Gasteiger partial charge in [0.05, 0.1) is 16.7 Å². The summed E-state index contributed by atoms with van der Waals surface area (Å²) in [4.78, 5) is 24.8. The summed E-state index contributed by atoms with van der Waals surface area (Å²) in [6, 6.07) is 8.77. The Morgan fingerprint density at radius 3 is 2.93 bits per heavy atom. The Labute approximate surface area is 156 Å². The lowest BCUT2D eigenvalue weighted by atomic mass is 10.2. The molecule has 27 heavy (non-hydrogen) atoms. The van der Waals surface area contributed by atoms with Gasteiger partial charge in [-0.05, 0) is 12.1 Å². The highest BCUT2D eigenvalue weighted by Gasteiger charge is 2.17. The van der Waals surface area contributed by atoms with Crippen LogP contribution < -0.4 is 10.9 Å². The number of rotatable bonds is 6. The summed E-state index contributed by atoms with van der Waals surface area (Å²) >= 11 is 1.21. The largest absolute Gasteiger partial charge is 0.363 e. The number of hydrogen-bond donors (Lipinski definition) is 1. The summed E-state index contributed by atoms with van der Waals surface area (Å²) in [5.74, 6) is 0.590. The van der Waals surface area contributed by atoms with Gasteiger partial charge in [-0.3, -0.25) is 18.6 Å². The molecule has 0 bridgehead atoms. The molecule has 0 saturated carbocycles. The van der Waals surface area contributed by atoms with Gasteiger partial charge in [0.1, 0.15) is 6.26 Å². The predicted molar refractivity (Wildman–Crippen MR) is 101 cm³/mol. The molecule has 9 nitrogen and oxygen atoms in total. The molecule has 4 aromatic rings. The van der Waals surface area contributed by atoms with Crippen LogP contribution in [0.1, 0.15) is 0 Å². The van der Waals surface area contributed by atoms with E-state index in [1.165, 1.54) is 22.6 Å². The van der Waals surface area contributed by atoms with Crippen molar-refractivity contribution in [2.75, 3.05) is 11.1 Å². The Kier molecular flexibility index (Phi) is 4.47. The minimum atomic E-state index is -0.255. The molecule has 0 saturated heterocycles. The molecule has 3 heterocycles. The van der Waals surface area contributed by atoms with Crippen molar-refractivity contribution in [1.29, 1.82) is 0 Å². The van der Waals surface area contributed by atoms with Crippen molar-refractivity contribution in [1.82, 2.24) is 24.3 Å². The first-order valence-corrected chi connectivity index (χ1v) is 8.98. The van der Waals surface area contributed by atoms with Crippen molar-refractivity contribution in [2.24, 2.45) is 0 Å². The first kappa shape index (κ1) is 17.0. The van der Waals surface area contributed by atoms with Crippen LogP contribution in [0.3, 0.4) is 0 Å². The molecule has 1 N–H and O–H groups in total. The number of nitrogens with zero attached hydrogens (tertiary/aromatic N) is 5. The highest BCUT2D eigenvalue weighted by Crippen LogP contribution is 2.21. The smallest absolute Gasteiger partial charge is 0.263 e. The van der Waals surface area contributed by atoms with E-state index in [4.69, 9.17) is 0 Å². The molecule has 0 aliphatic carbocycles. The number of allylic oxidation sites excluding steroid dienone is 1. The van der Waals surface area contributed by atoms with Gasteiger partial charge < -0.3 is 9.84 Å². The SMILES string of the molecule is C=CCn1c(=O)c2ccccc2n2c(SCC(=O)Nc3ccon3)nnc12. The van der Waals surface area contributed by atoms with Gasteiger partial charge in [-0.2, -0.15) is 0 Å². The van der Waals surface area contributed by atoms with E-state index >= 15 is 0 Å². The molecular weight excluding hydrogens is 368 g/mol. The van der Waals surface area contributed by atoms with Crippen molar-refractivity contribution >= 4 is 40.2 Å². The Hall–Kier alpha value is -3.40. The van der Waals surface area contributed by atoms with E-state index in [0.29, 0.717) is 34.2 Å². The number of anilines is 1. The number of amides is 1. The van der Waals surface area contributed by atoms with E-state index in [1.807, 2.05) is 12.1 Å². The van der Waals surface area contributed by atoms with Crippen LogP contribution in [-0.2, 0) is 11.3 Å². The van der Waals surface area contributed by atoms with Crippen LogP contribution in [0.5, 0.6) is 0 Å². The third kappa shape index (κ3) is 3.10. The van der Waals surface area contributed by atoms with Crippen LogP contribution >= 0.6 is 11.8 Å². The van der Waals surface area contributed by atoms with Gasteiger partial charge in [0.25, 0.3) is 5.56 Å². The highest BCUT2D eigenvalue weighted by molar-refractivity contribution is 7.99. The van der Waals surface area contributed by atoms with Crippen LogP contribution in [-0.4, -0.2) is 36.0 Å². The van der Waals surface area contributed by atoms with Crippen LogP contribution in [0, 0.1) is 0 Å². The van der Waals surface area contributed by atoms with E-state index in [0.717, 1.165) is 0 Å². The number of carbonyl (C=O) groups is 1. The summed E-state index contributed by atoms with van der Waals surface area (Å²) < 4.78 is 7.95. The van der Waals surface area contributed by atoms with Gasteiger partial charge in [-0.25, -0.2) is 0 Å². The number of para-hydroxylation sites is 1. The maximum Gasteiger partial charge on any atom is 0.263 e. The fourth-order valence-corrected chi connectivity index (χ4v) is 3.45. The van der Waals surface area contributed by atoms with E-state index < -0.39 is 0 Å². The predicted octanol–water partition coefficient (Wildman–Crippen LogP) is 1.95. The first-order valence-electron chi connectivity index (χ1n) is 7.99. The Morgan fingerprint density at radius 2 is 2.15 bits per heavy atom. The molecular formula is C17H14N6O3S. The van der Waals surface area contributed by atoms with E-state index in [9.17, 15) is 9.59 Å². The van der Waals surface area contributed by atoms with Crippen molar-refractivity contribution < 1.29 is 9.32 Å². The summed E-state index contributed by atoms with van der Waals surface area (Å²) in [5, 5.41) is 15.6. The molecule has 0 atom stereocenters. The molecule has 1 amide bonds. The number of carbonyl (C=O) groups excluding carboxylic acids is 1. The van der Waals surface area contributed by atoms with E-state index in [2.05, 4.69) is 31.8 Å². The average molecular weight is 382 g/mol.